The Morgan fingerprint density at radius 2 is 1.50 bits per heavy atom. The molecule has 0 aliphatic carbocycles. The van der Waals surface area contributed by atoms with Crippen molar-refractivity contribution in [2.75, 3.05) is 26.1 Å². The molecule has 1 aromatic rings. The van der Waals surface area contributed by atoms with Crippen LogP contribution in [0, 0.1) is 0 Å². The predicted octanol–water partition coefficient (Wildman–Crippen LogP) is 2.46. The topological polar surface area (TPSA) is 84.9 Å². The molecule has 1 N–H and O–H groups in total. The Kier molecular flexibility index (Phi) is 6.74. The molecule has 142 valence electrons. The molecule has 1 aromatic carbocycles. The maximum Gasteiger partial charge on any atom is 0.337 e. The number of rotatable bonds is 5. The van der Waals surface area contributed by atoms with Gasteiger partial charge in [0.1, 0.15) is 0 Å². The number of methoxy groups -OCH3 is 2. The van der Waals surface area contributed by atoms with Gasteiger partial charge in [-0.25, -0.2) is 9.59 Å². The molecular formula is C19H26N2O5. The highest BCUT2D eigenvalue weighted by Gasteiger charge is 2.26. The number of ether oxygens (including phenoxy) is 2. The number of nitrogens with one attached hydrogen (secondary N) is 1. The molecule has 1 fully saturated rings. The zero-order valence-electron chi connectivity index (χ0n) is 15.7. The molecule has 1 aliphatic heterocycles. The molecule has 2 unspecified atom stereocenters. The van der Waals surface area contributed by atoms with E-state index in [1.165, 1.54) is 38.8 Å². The first kappa shape index (κ1) is 19.9. The van der Waals surface area contributed by atoms with Gasteiger partial charge in [0.15, 0.2) is 0 Å². The van der Waals surface area contributed by atoms with Gasteiger partial charge < -0.3 is 14.8 Å². The second-order valence-electron chi connectivity index (χ2n) is 6.63. The van der Waals surface area contributed by atoms with Crippen molar-refractivity contribution < 1.29 is 23.9 Å². The molecule has 2 atom stereocenters. The van der Waals surface area contributed by atoms with Crippen molar-refractivity contribution in [2.24, 2.45) is 0 Å². The zero-order valence-corrected chi connectivity index (χ0v) is 15.7. The van der Waals surface area contributed by atoms with E-state index in [1.807, 2.05) is 0 Å². The average molecular weight is 362 g/mol. The van der Waals surface area contributed by atoms with Crippen LogP contribution in [0.25, 0.3) is 0 Å². The Hall–Kier alpha value is -2.41. The Bertz CT molecular complexity index is 644. The maximum atomic E-state index is 12.5. The third-order valence-electron chi connectivity index (χ3n) is 4.76. The van der Waals surface area contributed by atoms with Crippen LogP contribution >= 0.6 is 0 Å². The normalized spacial score (nSPS) is 20.3. The highest BCUT2D eigenvalue weighted by molar-refractivity contribution is 5.99. The quantitative estimate of drug-likeness (QED) is 0.810. The number of hydrogen-bond acceptors (Lipinski definition) is 6. The van der Waals surface area contributed by atoms with Crippen molar-refractivity contribution in [3.05, 3.63) is 29.3 Å². The second-order valence-corrected chi connectivity index (χ2v) is 6.63. The number of nitrogens with zero attached hydrogens (tertiary/aromatic N) is 1. The van der Waals surface area contributed by atoms with Gasteiger partial charge in [0, 0.05) is 17.8 Å². The molecule has 26 heavy (non-hydrogen) atoms. The summed E-state index contributed by atoms with van der Waals surface area (Å²) in [6, 6.07) is 5.04. The van der Waals surface area contributed by atoms with Gasteiger partial charge in [0.2, 0.25) is 5.91 Å². The summed E-state index contributed by atoms with van der Waals surface area (Å²) in [5.41, 5.74) is 0.700. The summed E-state index contributed by atoms with van der Waals surface area (Å²) < 4.78 is 9.40. The summed E-state index contributed by atoms with van der Waals surface area (Å²) in [4.78, 5) is 38.3. The van der Waals surface area contributed by atoms with Gasteiger partial charge in [-0.15, -0.1) is 0 Å². The van der Waals surface area contributed by atoms with Crippen molar-refractivity contribution >= 4 is 23.5 Å². The lowest BCUT2D eigenvalue weighted by molar-refractivity contribution is -0.118. The molecule has 1 saturated heterocycles. The van der Waals surface area contributed by atoms with Crippen LogP contribution in [0.3, 0.4) is 0 Å². The molecule has 1 heterocycles. The van der Waals surface area contributed by atoms with E-state index in [0.29, 0.717) is 17.8 Å². The minimum atomic E-state index is -0.593. The summed E-state index contributed by atoms with van der Waals surface area (Å²) in [7, 11) is 2.51. The molecule has 0 aromatic heterocycles. The van der Waals surface area contributed by atoms with Crippen LogP contribution in [0.15, 0.2) is 18.2 Å². The van der Waals surface area contributed by atoms with Crippen LogP contribution in [0.4, 0.5) is 5.69 Å². The number of hydrogen-bond donors (Lipinski definition) is 1. The molecule has 1 amide bonds. The number of amides is 1. The fourth-order valence-electron chi connectivity index (χ4n) is 3.32. The summed E-state index contributed by atoms with van der Waals surface area (Å²) in [5, 5.41) is 2.77. The van der Waals surface area contributed by atoms with E-state index in [9.17, 15) is 14.4 Å². The average Bonchev–Trinajstić information content (AvgIpc) is 2.63. The standard InChI is InChI=1S/C19H26N2O5/c1-12-6-5-7-13(2)21(12)11-17(22)20-16-9-14(18(23)25-3)8-15(10-16)19(24)26-4/h8-10,12-13H,5-7,11H2,1-4H3,(H,20,22). The van der Waals surface area contributed by atoms with E-state index in [0.717, 1.165) is 12.8 Å². The summed E-state index contributed by atoms with van der Waals surface area (Å²) in [6.45, 7) is 4.50. The number of carbonyl (C=O) groups excluding carboxylic acids is 3. The van der Waals surface area contributed by atoms with Gasteiger partial charge in [-0.2, -0.15) is 0 Å². The molecule has 7 nitrogen and oxygen atoms in total. The van der Waals surface area contributed by atoms with Gasteiger partial charge in [-0.1, -0.05) is 6.42 Å². The lowest BCUT2D eigenvalue weighted by Gasteiger charge is -2.38. The van der Waals surface area contributed by atoms with Crippen LogP contribution in [-0.2, 0) is 14.3 Å². The highest BCUT2D eigenvalue weighted by Crippen LogP contribution is 2.22. The summed E-state index contributed by atoms with van der Waals surface area (Å²) in [6.07, 6.45) is 3.31. The van der Waals surface area contributed by atoms with Crippen molar-refractivity contribution in [3.63, 3.8) is 0 Å². The fraction of sp³-hybridized carbons (Fsp3) is 0.526. The number of carbonyl (C=O) groups is 3. The molecular weight excluding hydrogens is 336 g/mol. The van der Waals surface area contributed by atoms with Gasteiger partial charge >= 0.3 is 11.9 Å². The molecule has 1 aliphatic rings. The number of likely N-dealkylation sites (tertiary alicyclic amines) is 1. The molecule has 2 rings (SSSR count). The van der Waals surface area contributed by atoms with Gasteiger partial charge in [-0.3, -0.25) is 9.69 Å². The molecule has 0 bridgehead atoms. The van der Waals surface area contributed by atoms with Crippen molar-refractivity contribution in [3.8, 4) is 0 Å². The Morgan fingerprint density at radius 1 is 1.00 bits per heavy atom. The fourth-order valence-corrected chi connectivity index (χ4v) is 3.32. The van der Waals surface area contributed by atoms with E-state index >= 15 is 0 Å². The Labute approximate surface area is 153 Å². The second kappa shape index (κ2) is 8.80. The number of esters is 2. The number of piperidine rings is 1. The van der Waals surface area contributed by atoms with E-state index in [4.69, 9.17) is 9.47 Å². The van der Waals surface area contributed by atoms with Crippen LogP contribution in [0.1, 0.15) is 53.8 Å². The van der Waals surface area contributed by atoms with E-state index in [-0.39, 0.29) is 23.6 Å². The van der Waals surface area contributed by atoms with Gasteiger partial charge in [-0.05, 0) is 44.9 Å². The lowest BCUT2D eigenvalue weighted by atomic mass is 9.97. The SMILES string of the molecule is COC(=O)c1cc(NC(=O)CN2C(C)CCCC2C)cc(C(=O)OC)c1. The first-order valence-corrected chi connectivity index (χ1v) is 8.73. The van der Waals surface area contributed by atoms with E-state index < -0.39 is 11.9 Å². The Balaban J connectivity index is 2.17. The van der Waals surface area contributed by atoms with Gasteiger partial charge in [0.05, 0.1) is 31.9 Å². The van der Waals surface area contributed by atoms with E-state index in [2.05, 4.69) is 24.1 Å². The van der Waals surface area contributed by atoms with Crippen LogP contribution in [0.2, 0.25) is 0 Å². The third-order valence-corrected chi connectivity index (χ3v) is 4.76. The van der Waals surface area contributed by atoms with Crippen molar-refractivity contribution in [1.29, 1.82) is 0 Å². The molecule has 0 saturated carbocycles. The number of anilines is 1. The highest BCUT2D eigenvalue weighted by atomic mass is 16.5. The first-order chi connectivity index (χ1) is 12.3. The summed E-state index contributed by atoms with van der Waals surface area (Å²) in [5.74, 6) is -1.38. The van der Waals surface area contributed by atoms with Crippen LogP contribution in [0.5, 0.6) is 0 Å². The monoisotopic (exact) mass is 362 g/mol. The first-order valence-electron chi connectivity index (χ1n) is 8.73. The molecule has 7 heteroatoms. The predicted molar refractivity (Wildman–Crippen MR) is 97.2 cm³/mol. The van der Waals surface area contributed by atoms with Crippen LogP contribution < -0.4 is 5.32 Å². The summed E-state index contributed by atoms with van der Waals surface area (Å²) >= 11 is 0. The zero-order chi connectivity index (χ0) is 19.3. The number of benzene rings is 1. The lowest BCUT2D eigenvalue weighted by Crippen LogP contribution is -2.47. The maximum absolute atomic E-state index is 12.5. The van der Waals surface area contributed by atoms with Crippen molar-refractivity contribution in [1.82, 2.24) is 4.90 Å². The third kappa shape index (κ3) is 4.82. The molecule has 0 radical (unpaired) electrons. The molecule has 0 spiro atoms. The minimum Gasteiger partial charge on any atom is -0.465 e. The largest absolute Gasteiger partial charge is 0.465 e. The minimum absolute atomic E-state index is 0.172. The smallest absolute Gasteiger partial charge is 0.337 e. The van der Waals surface area contributed by atoms with Crippen LogP contribution in [-0.4, -0.2) is 55.6 Å². The van der Waals surface area contributed by atoms with E-state index in [1.54, 1.807) is 0 Å². The van der Waals surface area contributed by atoms with Gasteiger partial charge in [0.25, 0.3) is 0 Å². The van der Waals surface area contributed by atoms with Crippen molar-refractivity contribution in [2.45, 2.75) is 45.2 Å². The Morgan fingerprint density at radius 3 is 1.96 bits per heavy atom.